The van der Waals surface area contributed by atoms with Gasteiger partial charge in [-0.2, -0.15) is 0 Å². The number of carbonyl (C=O) groups excluding carboxylic acids is 1. The van der Waals surface area contributed by atoms with E-state index in [1.54, 1.807) is 25.4 Å². The quantitative estimate of drug-likeness (QED) is 0.610. The van der Waals surface area contributed by atoms with Gasteiger partial charge in [-0.3, -0.25) is 4.79 Å². The molecule has 6 nitrogen and oxygen atoms in total. The average Bonchev–Trinajstić information content (AvgIpc) is 2.74. The van der Waals surface area contributed by atoms with Gasteiger partial charge >= 0.3 is 0 Å². The van der Waals surface area contributed by atoms with Crippen molar-refractivity contribution in [1.82, 2.24) is 14.9 Å². The zero-order valence-corrected chi connectivity index (χ0v) is 18.2. The van der Waals surface area contributed by atoms with E-state index in [0.717, 1.165) is 42.6 Å². The van der Waals surface area contributed by atoms with Gasteiger partial charge in [0.05, 0.1) is 23.4 Å². The van der Waals surface area contributed by atoms with Gasteiger partial charge in [-0.15, -0.1) is 0 Å². The summed E-state index contributed by atoms with van der Waals surface area (Å²) in [5, 5.41) is 4.68. The summed E-state index contributed by atoms with van der Waals surface area (Å²) >= 11 is 6.31. The van der Waals surface area contributed by atoms with Gasteiger partial charge in [0.25, 0.3) is 5.91 Å². The largest absolute Gasteiger partial charge is 0.495 e. The number of ether oxygens (including phenoxy) is 1. The average molecular weight is 425 g/mol. The van der Waals surface area contributed by atoms with Crippen LogP contribution in [0.5, 0.6) is 5.75 Å². The zero-order chi connectivity index (χ0) is 21.3. The minimum absolute atomic E-state index is 0.0146. The molecule has 7 heteroatoms. The molecule has 1 N–H and O–H groups in total. The number of amides is 1. The third-order valence-electron chi connectivity index (χ3n) is 5.58. The summed E-state index contributed by atoms with van der Waals surface area (Å²) in [6.45, 7) is 4.79. The second kappa shape index (κ2) is 8.48. The third kappa shape index (κ3) is 3.92. The van der Waals surface area contributed by atoms with Crippen LogP contribution in [0.2, 0.25) is 5.02 Å². The fourth-order valence-electron chi connectivity index (χ4n) is 3.91. The summed E-state index contributed by atoms with van der Waals surface area (Å²) in [5.74, 6) is 0.580. The number of methoxy groups -OCH3 is 1. The van der Waals surface area contributed by atoms with E-state index in [9.17, 15) is 4.79 Å². The molecule has 1 aromatic carbocycles. The van der Waals surface area contributed by atoms with Crippen LogP contribution < -0.4 is 10.1 Å². The molecular weight excluding hydrogens is 400 g/mol. The molecule has 0 saturated carbocycles. The molecule has 0 spiro atoms. The third-order valence-corrected chi connectivity index (χ3v) is 5.88. The Morgan fingerprint density at radius 3 is 2.83 bits per heavy atom. The molecule has 1 saturated heterocycles. The number of halogens is 1. The summed E-state index contributed by atoms with van der Waals surface area (Å²) in [6.07, 6.45) is 4.82. The number of rotatable bonds is 4. The van der Waals surface area contributed by atoms with E-state index >= 15 is 0 Å². The lowest BCUT2D eigenvalue weighted by molar-refractivity contribution is 0.0636. The first-order valence-electron chi connectivity index (χ1n) is 10.2. The van der Waals surface area contributed by atoms with Crippen molar-refractivity contribution in [2.75, 3.05) is 19.0 Å². The number of likely N-dealkylation sites (tertiary alicyclic amines) is 1. The summed E-state index contributed by atoms with van der Waals surface area (Å²) in [5.41, 5.74) is 3.46. The van der Waals surface area contributed by atoms with Crippen LogP contribution in [0.1, 0.15) is 42.2 Å². The summed E-state index contributed by atoms with van der Waals surface area (Å²) in [7, 11) is 1.58. The fourth-order valence-corrected chi connectivity index (χ4v) is 4.17. The lowest BCUT2D eigenvalue weighted by Gasteiger charge is -2.34. The number of anilines is 2. The van der Waals surface area contributed by atoms with Crippen molar-refractivity contribution in [3.63, 3.8) is 0 Å². The van der Waals surface area contributed by atoms with Gasteiger partial charge in [-0.25, -0.2) is 9.97 Å². The molecule has 1 atom stereocenters. The molecule has 0 aliphatic carbocycles. The monoisotopic (exact) mass is 424 g/mol. The van der Waals surface area contributed by atoms with Crippen molar-refractivity contribution in [1.29, 1.82) is 0 Å². The van der Waals surface area contributed by atoms with Crippen molar-refractivity contribution in [3.8, 4) is 5.75 Å². The number of nitrogens with one attached hydrogen (secondary N) is 1. The standard InChI is InChI=1S/C23H25ClN4O2/c1-14-7-9-17-21(27-16-8-10-20(30-3)19(24)12-16)18(13-25-22(17)26-14)23(29)28-11-5-4-6-15(28)2/h7-10,12-13,15H,4-6,11H2,1-3H3,(H,25,26,27)/t15-/m1/s1. The van der Waals surface area contributed by atoms with E-state index in [0.29, 0.717) is 27.7 Å². The van der Waals surface area contributed by atoms with Crippen LogP contribution in [0, 0.1) is 6.92 Å². The van der Waals surface area contributed by atoms with Gasteiger partial charge in [-0.05, 0) is 63.4 Å². The molecule has 1 aliphatic rings. The number of carbonyl (C=O) groups is 1. The Balaban J connectivity index is 1.81. The maximum Gasteiger partial charge on any atom is 0.257 e. The molecule has 1 amide bonds. The normalized spacial score (nSPS) is 16.5. The van der Waals surface area contributed by atoms with Crippen LogP contribution in [0.4, 0.5) is 11.4 Å². The Labute approximate surface area is 181 Å². The lowest BCUT2D eigenvalue weighted by Crippen LogP contribution is -2.42. The molecule has 1 fully saturated rings. The van der Waals surface area contributed by atoms with Gasteiger partial charge in [0.1, 0.15) is 5.75 Å². The van der Waals surface area contributed by atoms with E-state index < -0.39 is 0 Å². The smallest absolute Gasteiger partial charge is 0.257 e. The minimum atomic E-state index is -0.0146. The first kappa shape index (κ1) is 20.4. The Hall–Kier alpha value is -2.86. The molecule has 2 aromatic heterocycles. The number of aromatic nitrogens is 2. The van der Waals surface area contributed by atoms with Crippen molar-refractivity contribution >= 4 is 39.9 Å². The Kier molecular flexibility index (Phi) is 5.77. The molecule has 4 rings (SSSR count). The molecule has 3 heterocycles. The van der Waals surface area contributed by atoms with Crippen molar-refractivity contribution < 1.29 is 9.53 Å². The van der Waals surface area contributed by atoms with E-state index in [1.807, 2.05) is 30.0 Å². The molecular formula is C23H25ClN4O2. The number of nitrogens with zero attached hydrogens (tertiary/aromatic N) is 3. The molecule has 3 aromatic rings. The molecule has 1 aliphatic heterocycles. The van der Waals surface area contributed by atoms with Gasteiger partial charge in [0.15, 0.2) is 5.65 Å². The number of aryl methyl sites for hydroxylation is 1. The molecule has 156 valence electrons. The molecule has 0 radical (unpaired) electrons. The van der Waals surface area contributed by atoms with E-state index in [4.69, 9.17) is 16.3 Å². The van der Waals surface area contributed by atoms with Gasteiger partial charge in [0.2, 0.25) is 0 Å². The summed E-state index contributed by atoms with van der Waals surface area (Å²) in [6, 6.07) is 9.54. The number of pyridine rings is 2. The lowest BCUT2D eigenvalue weighted by atomic mass is 10.0. The van der Waals surface area contributed by atoms with Gasteiger partial charge < -0.3 is 15.0 Å². The summed E-state index contributed by atoms with van der Waals surface area (Å²) < 4.78 is 5.25. The van der Waals surface area contributed by atoms with Crippen LogP contribution >= 0.6 is 11.6 Å². The fraction of sp³-hybridized carbons (Fsp3) is 0.348. The molecule has 0 bridgehead atoms. The SMILES string of the molecule is COc1ccc(Nc2c(C(=O)N3CCCC[C@H]3C)cnc3nc(C)ccc23)cc1Cl. The second-order valence-electron chi connectivity index (χ2n) is 7.69. The Morgan fingerprint density at radius 1 is 1.27 bits per heavy atom. The van der Waals surface area contributed by atoms with Crippen molar-refractivity contribution in [3.05, 3.63) is 52.8 Å². The molecule has 0 unspecified atom stereocenters. The number of hydrogen-bond donors (Lipinski definition) is 1. The van der Waals surface area contributed by atoms with Gasteiger partial charge in [0, 0.05) is 35.6 Å². The Bertz CT molecular complexity index is 1100. The number of piperidine rings is 1. The number of benzene rings is 1. The maximum atomic E-state index is 13.5. The van der Waals surface area contributed by atoms with Crippen LogP contribution in [0.15, 0.2) is 36.5 Å². The highest BCUT2D eigenvalue weighted by molar-refractivity contribution is 6.32. The van der Waals surface area contributed by atoms with Crippen LogP contribution in [-0.2, 0) is 0 Å². The first-order valence-corrected chi connectivity index (χ1v) is 10.5. The predicted octanol–water partition coefficient (Wildman–Crippen LogP) is 5.36. The van der Waals surface area contributed by atoms with Crippen LogP contribution in [-0.4, -0.2) is 40.5 Å². The van der Waals surface area contributed by atoms with Crippen molar-refractivity contribution in [2.24, 2.45) is 0 Å². The second-order valence-corrected chi connectivity index (χ2v) is 8.10. The maximum absolute atomic E-state index is 13.5. The highest BCUT2D eigenvalue weighted by atomic mass is 35.5. The Morgan fingerprint density at radius 2 is 2.10 bits per heavy atom. The summed E-state index contributed by atoms with van der Waals surface area (Å²) in [4.78, 5) is 24.4. The van der Waals surface area contributed by atoms with E-state index in [2.05, 4.69) is 22.2 Å². The van der Waals surface area contributed by atoms with E-state index in [-0.39, 0.29) is 11.9 Å². The highest BCUT2D eigenvalue weighted by Gasteiger charge is 2.27. The first-order chi connectivity index (χ1) is 14.5. The molecule has 30 heavy (non-hydrogen) atoms. The van der Waals surface area contributed by atoms with E-state index in [1.165, 1.54) is 0 Å². The van der Waals surface area contributed by atoms with Crippen LogP contribution in [0.25, 0.3) is 11.0 Å². The topological polar surface area (TPSA) is 67.3 Å². The number of fused-ring (bicyclic) bond motifs is 1. The van der Waals surface area contributed by atoms with Crippen LogP contribution in [0.3, 0.4) is 0 Å². The predicted molar refractivity (Wildman–Crippen MR) is 120 cm³/mol. The highest BCUT2D eigenvalue weighted by Crippen LogP contribution is 2.34. The number of hydrogen-bond acceptors (Lipinski definition) is 5. The van der Waals surface area contributed by atoms with Gasteiger partial charge in [-0.1, -0.05) is 11.6 Å². The minimum Gasteiger partial charge on any atom is -0.495 e. The zero-order valence-electron chi connectivity index (χ0n) is 17.4. The van der Waals surface area contributed by atoms with Crippen molar-refractivity contribution in [2.45, 2.75) is 39.2 Å².